The Hall–Kier alpha value is -0.920. The molecule has 0 fully saturated rings. The van der Waals surface area contributed by atoms with Crippen molar-refractivity contribution in [2.75, 3.05) is 13.1 Å². The molecule has 1 aromatic heterocycles. The lowest BCUT2D eigenvalue weighted by Crippen LogP contribution is -2.35. The van der Waals surface area contributed by atoms with Crippen LogP contribution in [-0.4, -0.2) is 36.9 Å². The van der Waals surface area contributed by atoms with E-state index in [9.17, 15) is 13.2 Å². The quantitative estimate of drug-likeness (QED) is 0.831. The summed E-state index contributed by atoms with van der Waals surface area (Å²) in [5, 5.41) is 8.77. The summed E-state index contributed by atoms with van der Waals surface area (Å²) in [7, 11) is -3.68. The van der Waals surface area contributed by atoms with Crippen LogP contribution < -0.4 is 0 Å². The largest absolute Gasteiger partial charge is 0.480 e. The lowest BCUT2D eigenvalue weighted by molar-refractivity contribution is -0.137. The van der Waals surface area contributed by atoms with Crippen LogP contribution in [0.15, 0.2) is 16.3 Å². The van der Waals surface area contributed by atoms with Gasteiger partial charge in [0.25, 0.3) is 10.0 Å². The maximum atomic E-state index is 12.3. The molecular weight excluding hydrogens is 274 g/mol. The molecule has 0 saturated heterocycles. The molecule has 0 radical (unpaired) electrons. The van der Waals surface area contributed by atoms with Crippen LogP contribution in [0, 0.1) is 0 Å². The highest BCUT2D eigenvalue weighted by Crippen LogP contribution is 2.25. The zero-order chi connectivity index (χ0) is 13.8. The molecule has 0 aliphatic rings. The lowest BCUT2D eigenvalue weighted by atomic mass is 10.4. The number of rotatable bonds is 7. The van der Waals surface area contributed by atoms with Crippen molar-refractivity contribution >= 4 is 27.3 Å². The predicted molar refractivity (Wildman–Crippen MR) is 70.4 cm³/mol. The van der Waals surface area contributed by atoms with Crippen molar-refractivity contribution in [1.29, 1.82) is 0 Å². The third-order valence-electron chi connectivity index (χ3n) is 2.36. The maximum absolute atomic E-state index is 12.3. The van der Waals surface area contributed by atoms with Gasteiger partial charge in [-0.05, 0) is 25.0 Å². The van der Waals surface area contributed by atoms with Crippen LogP contribution in [0.3, 0.4) is 0 Å². The lowest BCUT2D eigenvalue weighted by Gasteiger charge is -2.18. The van der Waals surface area contributed by atoms with E-state index in [1.54, 1.807) is 12.1 Å². The monoisotopic (exact) mass is 291 g/mol. The molecule has 1 heterocycles. The molecular formula is C11H17NO4S2. The average molecular weight is 291 g/mol. The predicted octanol–water partition coefficient (Wildman–Crippen LogP) is 1.80. The smallest absolute Gasteiger partial charge is 0.318 e. The van der Waals surface area contributed by atoms with Crippen LogP contribution in [0.2, 0.25) is 0 Å². The topological polar surface area (TPSA) is 74.7 Å². The molecule has 102 valence electrons. The first-order valence-electron chi connectivity index (χ1n) is 5.72. The van der Waals surface area contributed by atoms with Gasteiger partial charge in [-0.1, -0.05) is 13.8 Å². The van der Waals surface area contributed by atoms with E-state index in [1.165, 1.54) is 11.3 Å². The van der Waals surface area contributed by atoms with Crippen LogP contribution in [0.1, 0.15) is 25.1 Å². The zero-order valence-corrected chi connectivity index (χ0v) is 12.1. The molecule has 0 aliphatic carbocycles. The Kier molecular flexibility index (Phi) is 5.30. The number of thiophene rings is 1. The van der Waals surface area contributed by atoms with Crippen LogP contribution in [-0.2, 0) is 21.2 Å². The first kappa shape index (κ1) is 15.1. The highest BCUT2D eigenvalue weighted by atomic mass is 32.2. The van der Waals surface area contributed by atoms with E-state index in [0.717, 1.165) is 15.6 Å². The van der Waals surface area contributed by atoms with Gasteiger partial charge in [0.15, 0.2) is 0 Å². The van der Waals surface area contributed by atoms with Crippen molar-refractivity contribution in [1.82, 2.24) is 4.31 Å². The fourth-order valence-corrected chi connectivity index (χ4v) is 4.43. The molecule has 1 aromatic rings. The molecule has 1 N–H and O–H groups in total. The van der Waals surface area contributed by atoms with Gasteiger partial charge in [0.2, 0.25) is 0 Å². The van der Waals surface area contributed by atoms with Gasteiger partial charge >= 0.3 is 5.97 Å². The summed E-state index contributed by atoms with van der Waals surface area (Å²) in [5.74, 6) is -1.14. The summed E-state index contributed by atoms with van der Waals surface area (Å²) < 4.78 is 25.8. The molecule has 0 atom stereocenters. The Bertz CT molecular complexity index is 507. The van der Waals surface area contributed by atoms with E-state index >= 15 is 0 Å². The van der Waals surface area contributed by atoms with Gasteiger partial charge in [0, 0.05) is 11.4 Å². The van der Waals surface area contributed by atoms with Gasteiger partial charge in [-0.2, -0.15) is 4.31 Å². The second-order valence-corrected chi connectivity index (χ2v) is 7.14. The molecule has 0 aromatic carbocycles. The Labute approximate surface area is 111 Å². The van der Waals surface area contributed by atoms with Crippen LogP contribution in [0.25, 0.3) is 0 Å². The fourth-order valence-electron chi connectivity index (χ4n) is 1.50. The Morgan fingerprint density at radius 3 is 2.50 bits per heavy atom. The summed E-state index contributed by atoms with van der Waals surface area (Å²) in [4.78, 5) is 11.7. The van der Waals surface area contributed by atoms with Gasteiger partial charge < -0.3 is 5.11 Å². The number of hydrogen-bond donors (Lipinski definition) is 1. The molecule has 0 saturated carbocycles. The summed E-state index contributed by atoms with van der Waals surface area (Å²) in [6.07, 6.45) is 1.35. The summed E-state index contributed by atoms with van der Waals surface area (Å²) in [5.41, 5.74) is 0. The average Bonchev–Trinajstić information content (AvgIpc) is 2.77. The van der Waals surface area contributed by atoms with E-state index in [2.05, 4.69) is 0 Å². The highest BCUT2D eigenvalue weighted by molar-refractivity contribution is 7.91. The standard InChI is InChI=1S/C11H17NO4S2/c1-3-7-12(8-10(13)14)18(15,16)11-6-5-9(4-2)17-11/h5-6H,3-4,7-8H2,1-2H3,(H,13,14). The fraction of sp³-hybridized carbons (Fsp3) is 0.545. The van der Waals surface area contributed by atoms with Crippen LogP contribution >= 0.6 is 11.3 Å². The minimum Gasteiger partial charge on any atom is -0.480 e. The minimum atomic E-state index is -3.68. The first-order valence-corrected chi connectivity index (χ1v) is 7.98. The molecule has 0 spiro atoms. The molecule has 1 rings (SSSR count). The Balaban J connectivity index is 3.03. The third kappa shape index (κ3) is 3.54. The van der Waals surface area contributed by atoms with E-state index in [0.29, 0.717) is 6.42 Å². The number of carbonyl (C=O) groups is 1. The zero-order valence-electron chi connectivity index (χ0n) is 10.4. The van der Waals surface area contributed by atoms with Crippen LogP contribution in [0.4, 0.5) is 0 Å². The summed E-state index contributed by atoms with van der Waals surface area (Å²) >= 11 is 1.20. The highest BCUT2D eigenvalue weighted by Gasteiger charge is 2.27. The van der Waals surface area contributed by atoms with Crippen LogP contribution in [0.5, 0.6) is 0 Å². The van der Waals surface area contributed by atoms with E-state index < -0.39 is 22.5 Å². The molecule has 7 heteroatoms. The summed E-state index contributed by atoms with van der Waals surface area (Å²) in [6, 6.07) is 3.31. The van der Waals surface area contributed by atoms with Gasteiger partial charge in [-0.3, -0.25) is 4.79 Å². The number of sulfonamides is 1. The number of carboxylic acids is 1. The number of hydrogen-bond acceptors (Lipinski definition) is 4. The van der Waals surface area contributed by atoms with Gasteiger partial charge in [0.05, 0.1) is 0 Å². The first-order chi connectivity index (χ1) is 8.41. The molecule has 0 bridgehead atoms. The number of aryl methyl sites for hydroxylation is 1. The third-order valence-corrected chi connectivity index (χ3v) is 5.91. The molecule has 0 unspecified atom stereocenters. The SMILES string of the molecule is CCCN(CC(=O)O)S(=O)(=O)c1ccc(CC)s1. The summed E-state index contributed by atoms with van der Waals surface area (Å²) in [6.45, 7) is 3.49. The van der Waals surface area contributed by atoms with Crippen molar-refractivity contribution in [2.24, 2.45) is 0 Å². The second-order valence-electron chi connectivity index (χ2n) is 3.81. The Morgan fingerprint density at radius 1 is 1.39 bits per heavy atom. The van der Waals surface area contributed by atoms with Gasteiger partial charge in [-0.25, -0.2) is 8.42 Å². The number of nitrogens with zero attached hydrogens (tertiary/aromatic N) is 1. The van der Waals surface area contributed by atoms with Crippen molar-refractivity contribution in [3.63, 3.8) is 0 Å². The van der Waals surface area contributed by atoms with E-state index in [-0.39, 0.29) is 10.8 Å². The second kappa shape index (κ2) is 6.31. The van der Waals surface area contributed by atoms with Crippen molar-refractivity contribution in [3.8, 4) is 0 Å². The number of carboxylic acid groups (broad SMARTS) is 1. The van der Waals surface area contributed by atoms with Gasteiger partial charge in [-0.15, -0.1) is 11.3 Å². The van der Waals surface area contributed by atoms with E-state index in [4.69, 9.17) is 5.11 Å². The minimum absolute atomic E-state index is 0.216. The molecule has 5 nitrogen and oxygen atoms in total. The van der Waals surface area contributed by atoms with Gasteiger partial charge in [0.1, 0.15) is 10.8 Å². The molecule has 18 heavy (non-hydrogen) atoms. The Morgan fingerprint density at radius 2 is 2.06 bits per heavy atom. The van der Waals surface area contributed by atoms with Crippen molar-refractivity contribution in [3.05, 3.63) is 17.0 Å². The van der Waals surface area contributed by atoms with Crippen molar-refractivity contribution < 1.29 is 18.3 Å². The molecule has 0 aliphatic heterocycles. The normalized spacial score (nSPS) is 11.9. The number of aliphatic carboxylic acids is 1. The molecule has 0 amide bonds. The maximum Gasteiger partial charge on any atom is 0.318 e. The van der Waals surface area contributed by atoms with E-state index in [1.807, 2.05) is 13.8 Å². The van der Waals surface area contributed by atoms with Crippen molar-refractivity contribution in [2.45, 2.75) is 30.9 Å².